The van der Waals surface area contributed by atoms with Gasteiger partial charge in [0.25, 0.3) is 5.69 Å². The van der Waals surface area contributed by atoms with E-state index < -0.39 is 16.9 Å². The van der Waals surface area contributed by atoms with Gasteiger partial charge in [-0.25, -0.2) is 4.79 Å². The molecule has 3 aromatic rings. The molecule has 0 bridgehead atoms. The number of nitrogens with one attached hydrogen (secondary N) is 1. The number of ether oxygens (including phenoxy) is 1. The normalized spacial score (nSPS) is 11.4. The van der Waals surface area contributed by atoms with E-state index in [1.54, 1.807) is 12.1 Å². The van der Waals surface area contributed by atoms with E-state index in [1.807, 2.05) is 60.7 Å². The molecule has 6 nitrogen and oxygen atoms in total. The first-order chi connectivity index (χ1) is 13.6. The molecule has 0 unspecified atom stereocenters. The fourth-order valence-corrected chi connectivity index (χ4v) is 2.78. The molecule has 1 atom stereocenters. The van der Waals surface area contributed by atoms with Gasteiger partial charge in [0.05, 0.1) is 4.92 Å². The van der Waals surface area contributed by atoms with Crippen molar-refractivity contribution in [3.63, 3.8) is 0 Å². The van der Waals surface area contributed by atoms with E-state index in [0.29, 0.717) is 12.1 Å². The van der Waals surface area contributed by atoms with E-state index in [4.69, 9.17) is 4.74 Å². The minimum atomic E-state index is -0.673. The second kappa shape index (κ2) is 9.32. The molecule has 28 heavy (non-hydrogen) atoms. The quantitative estimate of drug-likeness (QED) is 0.359. The third-order valence-corrected chi connectivity index (χ3v) is 4.19. The van der Waals surface area contributed by atoms with Crippen LogP contribution in [-0.4, -0.2) is 16.9 Å². The van der Waals surface area contributed by atoms with Crippen molar-refractivity contribution in [1.29, 1.82) is 0 Å². The van der Waals surface area contributed by atoms with Crippen LogP contribution in [0.25, 0.3) is 0 Å². The van der Waals surface area contributed by atoms with Crippen LogP contribution in [0.5, 0.6) is 0 Å². The van der Waals surface area contributed by atoms with E-state index in [-0.39, 0.29) is 12.3 Å². The van der Waals surface area contributed by atoms with Crippen LogP contribution in [0.1, 0.15) is 11.1 Å². The molecule has 3 rings (SSSR count). The van der Waals surface area contributed by atoms with Crippen molar-refractivity contribution >= 4 is 17.3 Å². The summed E-state index contributed by atoms with van der Waals surface area (Å²) >= 11 is 0. The molecule has 0 saturated carbocycles. The molecule has 0 aliphatic heterocycles. The van der Waals surface area contributed by atoms with Gasteiger partial charge in [0.15, 0.2) is 0 Å². The number of benzene rings is 3. The number of nitro benzene ring substituents is 1. The number of carbonyl (C=O) groups is 1. The van der Waals surface area contributed by atoms with Crippen molar-refractivity contribution in [2.45, 2.75) is 19.1 Å². The average Bonchev–Trinajstić information content (AvgIpc) is 2.73. The van der Waals surface area contributed by atoms with Crippen LogP contribution in [0.4, 0.5) is 11.4 Å². The minimum Gasteiger partial charge on any atom is -0.459 e. The smallest absolute Gasteiger partial charge is 0.329 e. The lowest BCUT2D eigenvalue weighted by atomic mass is 10.1. The first-order valence-corrected chi connectivity index (χ1v) is 8.87. The van der Waals surface area contributed by atoms with Gasteiger partial charge in [0.2, 0.25) is 0 Å². The molecule has 0 radical (unpaired) electrons. The molecule has 0 amide bonds. The summed E-state index contributed by atoms with van der Waals surface area (Å²) in [5.41, 5.74) is 2.31. The minimum absolute atomic E-state index is 0.0406. The standard InChI is InChI=1S/C22H20N2O4/c25-22(28-16-18-10-5-2-6-11-18)21(14-17-8-3-1-4-9-17)23-19-12-7-13-20(15-19)24(26)27/h1-13,15,21,23H,14,16H2/t21-/m0/s1. The zero-order chi connectivity index (χ0) is 19.8. The Balaban J connectivity index is 1.75. The third-order valence-electron chi connectivity index (χ3n) is 4.19. The SMILES string of the molecule is O=C(OCc1ccccc1)[C@H](Cc1ccccc1)Nc1cccc([N+](=O)[O-])c1. The average molecular weight is 376 g/mol. The van der Waals surface area contributed by atoms with Gasteiger partial charge in [-0.15, -0.1) is 0 Å². The van der Waals surface area contributed by atoms with Crippen LogP contribution in [0.3, 0.4) is 0 Å². The summed E-state index contributed by atoms with van der Waals surface area (Å²) in [6.45, 7) is 0.168. The van der Waals surface area contributed by atoms with Crippen molar-refractivity contribution in [1.82, 2.24) is 0 Å². The van der Waals surface area contributed by atoms with Gasteiger partial charge in [-0.05, 0) is 17.2 Å². The maximum Gasteiger partial charge on any atom is 0.329 e. The number of nitro groups is 1. The van der Waals surface area contributed by atoms with Crippen LogP contribution in [-0.2, 0) is 22.6 Å². The number of hydrogen-bond acceptors (Lipinski definition) is 5. The molecule has 0 heterocycles. The van der Waals surface area contributed by atoms with Crippen molar-refractivity contribution < 1.29 is 14.5 Å². The monoisotopic (exact) mass is 376 g/mol. The highest BCUT2D eigenvalue weighted by Crippen LogP contribution is 2.19. The first-order valence-electron chi connectivity index (χ1n) is 8.87. The Bertz CT molecular complexity index is 930. The van der Waals surface area contributed by atoms with Gasteiger partial charge in [-0.2, -0.15) is 0 Å². The second-order valence-electron chi connectivity index (χ2n) is 6.29. The summed E-state index contributed by atoms with van der Waals surface area (Å²) in [6.07, 6.45) is 0.400. The molecule has 0 aliphatic rings. The second-order valence-corrected chi connectivity index (χ2v) is 6.29. The van der Waals surface area contributed by atoms with Crippen molar-refractivity contribution in [2.24, 2.45) is 0 Å². The lowest BCUT2D eigenvalue weighted by Crippen LogP contribution is -2.33. The molecule has 0 spiro atoms. The number of nitrogens with zero attached hydrogens (tertiary/aromatic N) is 1. The van der Waals surface area contributed by atoms with Crippen LogP contribution >= 0.6 is 0 Å². The Kier molecular flexibility index (Phi) is 6.36. The molecule has 6 heteroatoms. The molecule has 142 valence electrons. The molecule has 0 aromatic heterocycles. The maximum atomic E-state index is 12.7. The van der Waals surface area contributed by atoms with Gasteiger partial charge in [-0.3, -0.25) is 10.1 Å². The van der Waals surface area contributed by atoms with Gasteiger partial charge in [0, 0.05) is 24.2 Å². The number of hydrogen-bond donors (Lipinski definition) is 1. The Morgan fingerprint density at radius 1 is 0.929 bits per heavy atom. The number of esters is 1. The maximum absolute atomic E-state index is 12.7. The summed E-state index contributed by atoms with van der Waals surface area (Å²) < 4.78 is 5.48. The van der Waals surface area contributed by atoms with E-state index in [2.05, 4.69) is 5.32 Å². The van der Waals surface area contributed by atoms with Crippen LogP contribution in [0.2, 0.25) is 0 Å². The van der Waals surface area contributed by atoms with Gasteiger partial charge < -0.3 is 10.1 Å². The van der Waals surface area contributed by atoms with Gasteiger partial charge in [0.1, 0.15) is 12.6 Å². The summed E-state index contributed by atoms with van der Waals surface area (Å²) in [5.74, 6) is -0.417. The number of rotatable bonds is 8. The predicted molar refractivity (Wildman–Crippen MR) is 107 cm³/mol. The van der Waals surface area contributed by atoms with Crippen molar-refractivity contribution in [2.75, 3.05) is 5.32 Å². The molecular weight excluding hydrogens is 356 g/mol. The molecule has 0 fully saturated rings. The summed E-state index contributed by atoms with van der Waals surface area (Å²) in [7, 11) is 0. The fourth-order valence-electron chi connectivity index (χ4n) is 2.78. The number of carbonyl (C=O) groups excluding carboxylic acids is 1. The summed E-state index contributed by atoms with van der Waals surface area (Å²) in [5, 5.41) is 14.1. The topological polar surface area (TPSA) is 81.5 Å². The lowest BCUT2D eigenvalue weighted by Gasteiger charge is -2.19. The number of anilines is 1. The fraction of sp³-hybridized carbons (Fsp3) is 0.136. The van der Waals surface area contributed by atoms with E-state index >= 15 is 0 Å². The number of non-ortho nitro benzene ring substituents is 1. The van der Waals surface area contributed by atoms with Gasteiger partial charge >= 0.3 is 5.97 Å². The molecule has 1 N–H and O–H groups in total. The summed E-state index contributed by atoms with van der Waals surface area (Å²) in [4.78, 5) is 23.3. The molecular formula is C22H20N2O4. The highest BCUT2D eigenvalue weighted by atomic mass is 16.6. The van der Waals surface area contributed by atoms with Crippen molar-refractivity contribution in [3.05, 3.63) is 106 Å². The highest BCUT2D eigenvalue weighted by Gasteiger charge is 2.21. The largest absolute Gasteiger partial charge is 0.459 e. The molecule has 0 saturated heterocycles. The van der Waals surface area contributed by atoms with Crippen LogP contribution in [0.15, 0.2) is 84.9 Å². The van der Waals surface area contributed by atoms with E-state index in [1.165, 1.54) is 12.1 Å². The zero-order valence-electron chi connectivity index (χ0n) is 15.2. The Morgan fingerprint density at radius 2 is 1.57 bits per heavy atom. The van der Waals surface area contributed by atoms with Crippen molar-refractivity contribution in [3.8, 4) is 0 Å². The van der Waals surface area contributed by atoms with Crippen LogP contribution < -0.4 is 5.32 Å². The predicted octanol–water partition coefficient (Wildman–Crippen LogP) is 4.36. The Morgan fingerprint density at radius 3 is 2.21 bits per heavy atom. The van der Waals surface area contributed by atoms with E-state index in [9.17, 15) is 14.9 Å². The Labute approximate surface area is 162 Å². The third kappa shape index (κ3) is 5.41. The van der Waals surface area contributed by atoms with Crippen LogP contribution in [0, 0.1) is 10.1 Å². The highest BCUT2D eigenvalue weighted by molar-refractivity contribution is 5.80. The molecule has 0 aliphatic carbocycles. The summed E-state index contributed by atoms with van der Waals surface area (Å²) in [6, 6.07) is 24.4. The van der Waals surface area contributed by atoms with Gasteiger partial charge in [-0.1, -0.05) is 66.7 Å². The first kappa shape index (κ1) is 19.1. The van der Waals surface area contributed by atoms with E-state index in [0.717, 1.165) is 11.1 Å². The Hall–Kier alpha value is -3.67. The lowest BCUT2D eigenvalue weighted by molar-refractivity contribution is -0.384. The molecule has 3 aromatic carbocycles. The zero-order valence-corrected chi connectivity index (χ0v) is 15.2.